The molecule has 0 aliphatic carbocycles. The molecule has 2 N–H and O–H groups in total. The van der Waals surface area contributed by atoms with Gasteiger partial charge in [-0.15, -0.1) is 0 Å². The van der Waals surface area contributed by atoms with E-state index in [9.17, 15) is 8.42 Å². The second-order valence-electron chi connectivity index (χ2n) is 2.84. The smallest absolute Gasteiger partial charge is 0.247 e. The van der Waals surface area contributed by atoms with Gasteiger partial charge in [0.2, 0.25) is 10.0 Å². The highest BCUT2D eigenvalue weighted by Gasteiger charge is 2.13. The van der Waals surface area contributed by atoms with Crippen molar-refractivity contribution in [2.24, 2.45) is 0 Å². The summed E-state index contributed by atoms with van der Waals surface area (Å²) in [4.78, 5) is 0. The van der Waals surface area contributed by atoms with Gasteiger partial charge in [0.05, 0.1) is 6.07 Å². The molecule has 1 aromatic heterocycles. The number of anilines is 1. The predicted molar refractivity (Wildman–Crippen MR) is 51.1 cm³/mol. The minimum Gasteiger partial charge on any atom is -0.280 e. The maximum absolute atomic E-state index is 11.2. The highest BCUT2D eigenvalue weighted by molar-refractivity contribution is 7.92. The highest BCUT2D eigenvalue weighted by Crippen LogP contribution is 2.14. The van der Waals surface area contributed by atoms with Crippen LogP contribution in [0.25, 0.3) is 0 Å². The number of hydrogen-bond donors (Lipinski definition) is 2. The van der Waals surface area contributed by atoms with Crippen LogP contribution in [0, 0.1) is 25.2 Å². The number of aromatic amines is 1. The molecule has 0 aromatic carbocycles. The van der Waals surface area contributed by atoms with Gasteiger partial charge in [0.15, 0.2) is 11.6 Å². The van der Waals surface area contributed by atoms with Crippen LogP contribution in [0.1, 0.15) is 11.3 Å². The Balaban J connectivity index is 2.91. The van der Waals surface area contributed by atoms with E-state index < -0.39 is 15.8 Å². The summed E-state index contributed by atoms with van der Waals surface area (Å²) in [5, 5.41) is 14.7. The van der Waals surface area contributed by atoms with Gasteiger partial charge in [-0.1, -0.05) is 0 Å². The summed E-state index contributed by atoms with van der Waals surface area (Å²) in [6, 6.07) is 1.57. The first-order valence-electron chi connectivity index (χ1n) is 3.85. The number of sulfonamides is 1. The van der Waals surface area contributed by atoms with E-state index in [0.29, 0.717) is 0 Å². The number of aromatic nitrogens is 2. The molecule has 7 heteroatoms. The van der Waals surface area contributed by atoms with Crippen LogP contribution in [-0.2, 0) is 10.0 Å². The van der Waals surface area contributed by atoms with Crippen molar-refractivity contribution in [3.8, 4) is 6.07 Å². The van der Waals surface area contributed by atoms with Gasteiger partial charge in [-0.25, -0.2) is 8.42 Å². The van der Waals surface area contributed by atoms with E-state index >= 15 is 0 Å². The first kappa shape index (κ1) is 10.5. The quantitative estimate of drug-likeness (QED) is 0.755. The van der Waals surface area contributed by atoms with Gasteiger partial charge in [-0.3, -0.25) is 9.82 Å². The van der Waals surface area contributed by atoms with Crippen molar-refractivity contribution in [1.82, 2.24) is 10.2 Å². The molecule has 1 aromatic rings. The SMILES string of the molecule is Cc1[nH]nc(NS(=O)(=O)CC#N)c1C. The minimum absolute atomic E-state index is 0.248. The molecule has 14 heavy (non-hydrogen) atoms. The van der Waals surface area contributed by atoms with Gasteiger partial charge >= 0.3 is 0 Å². The number of nitrogens with one attached hydrogen (secondary N) is 2. The largest absolute Gasteiger partial charge is 0.280 e. The Morgan fingerprint density at radius 1 is 1.57 bits per heavy atom. The number of hydrogen-bond acceptors (Lipinski definition) is 4. The van der Waals surface area contributed by atoms with Crippen molar-refractivity contribution >= 4 is 15.8 Å². The molecule has 0 atom stereocenters. The van der Waals surface area contributed by atoms with Crippen LogP contribution in [0.5, 0.6) is 0 Å². The molecule has 0 spiro atoms. The molecule has 0 unspecified atom stereocenters. The van der Waals surface area contributed by atoms with E-state index in [1.165, 1.54) is 0 Å². The summed E-state index contributed by atoms with van der Waals surface area (Å²) < 4.78 is 24.6. The third-order valence-electron chi connectivity index (χ3n) is 1.76. The zero-order chi connectivity index (χ0) is 10.8. The molecule has 0 aliphatic heterocycles. The van der Waals surface area contributed by atoms with Gasteiger partial charge in [-0.2, -0.15) is 10.4 Å². The molecule has 0 amide bonds. The highest BCUT2D eigenvalue weighted by atomic mass is 32.2. The van der Waals surface area contributed by atoms with Crippen LogP contribution in [0.2, 0.25) is 0 Å². The first-order valence-corrected chi connectivity index (χ1v) is 5.50. The van der Waals surface area contributed by atoms with Crippen LogP contribution in [0.15, 0.2) is 0 Å². The zero-order valence-electron chi connectivity index (χ0n) is 7.83. The number of rotatable bonds is 3. The van der Waals surface area contributed by atoms with Gasteiger partial charge < -0.3 is 0 Å². The maximum atomic E-state index is 11.2. The fourth-order valence-corrected chi connectivity index (χ4v) is 1.59. The molecule has 1 rings (SSSR count). The summed E-state index contributed by atoms with van der Waals surface area (Å²) in [5.74, 6) is -0.323. The number of nitriles is 1. The van der Waals surface area contributed by atoms with Crippen molar-refractivity contribution in [1.29, 1.82) is 5.26 Å². The van der Waals surface area contributed by atoms with Crippen LogP contribution in [-0.4, -0.2) is 24.4 Å². The molecule has 0 saturated carbocycles. The van der Waals surface area contributed by atoms with Crippen LogP contribution in [0.4, 0.5) is 5.82 Å². The third kappa shape index (κ3) is 2.23. The predicted octanol–water partition coefficient (Wildman–Crippen LogP) is 0.292. The molecule has 0 saturated heterocycles. The van der Waals surface area contributed by atoms with E-state index in [1.807, 2.05) is 0 Å². The molecule has 1 heterocycles. The van der Waals surface area contributed by atoms with Crippen molar-refractivity contribution in [2.45, 2.75) is 13.8 Å². The van der Waals surface area contributed by atoms with E-state index in [1.54, 1.807) is 19.9 Å². The average molecular weight is 214 g/mol. The van der Waals surface area contributed by atoms with Crippen LogP contribution in [0.3, 0.4) is 0 Å². The number of aryl methyl sites for hydroxylation is 1. The summed E-state index contributed by atoms with van der Waals surface area (Å²) in [5.41, 5.74) is 1.52. The zero-order valence-corrected chi connectivity index (χ0v) is 8.64. The lowest BCUT2D eigenvalue weighted by molar-refractivity contribution is 0.604. The van der Waals surface area contributed by atoms with Gasteiger partial charge in [-0.05, 0) is 13.8 Å². The van der Waals surface area contributed by atoms with Crippen molar-refractivity contribution in [3.05, 3.63) is 11.3 Å². The Morgan fingerprint density at radius 3 is 2.64 bits per heavy atom. The molecule has 0 fully saturated rings. The van der Waals surface area contributed by atoms with Crippen LogP contribution < -0.4 is 4.72 Å². The number of nitrogens with zero attached hydrogens (tertiary/aromatic N) is 2. The molecular formula is C7H10N4O2S. The standard InChI is InChI=1S/C7H10N4O2S/c1-5-6(2)9-10-7(5)11-14(12,13)4-3-8/h4H2,1-2H3,(H2,9,10,11). The van der Waals surface area contributed by atoms with E-state index in [0.717, 1.165) is 11.3 Å². The Kier molecular flexibility index (Phi) is 2.76. The second-order valence-corrected chi connectivity index (χ2v) is 4.56. The normalized spacial score (nSPS) is 10.9. The fraction of sp³-hybridized carbons (Fsp3) is 0.429. The van der Waals surface area contributed by atoms with Gasteiger partial charge in [0.25, 0.3) is 0 Å². The topological polar surface area (TPSA) is 98.6 Å². The van der Waals surface area contributed by atoms with Crippen molar-refractivity contribution in [3.63, 3.8) is 0 Å². The van der Waals surface area contributed by atoms with Gasteiger partial charge in [0.1, 0.15) is 0 Å². The molecule has 0 bridgehead atoms. The maximum Gasteiger partial charge on any atom is 0.247 e. The number of H-pyrrole nitrogens is 1. The summed E-state index contributed by atoms with van der Waals surface area (Å²) in [7, 11) is -3.59. The van der Waals surface area contributed by atoms with Crippen molar-refractivity contribution in [2.75, 3.05) is 10.5 Å². The second kappa shape index (κ2) is 3.67. The van der Waals surface area contributed by atoms with E-state index in [-0.39, 0.29) is 5.82 Å². The Morgan fingerprint density at radius 2 is 2.21 bits per heavy atom. The Labute approximate surface area is 82.0 Å². The average Bonchev–Trinajstić information content (AvgIpc) is 2.35. The first-order chi connectivity index (χ1) is 6.46. The van der Waals surface area contributed by atoms with E-state index in [2.05, 4.69) is 14.9 Å². The third-order valence-corrected chi connectivity index (χ3v) is 2.77. The Bertz CT molecular complexity index is 468. The molecular weight excluding hydrogens is 204 g/mol. The molecule has 6 nitrogen and oxygen atoms in total. The van der Waals surface area contributed by atoms with E-state index in [4.69, 9.17) is 5.26 Å². The lowest BCUT2D eigenvalue weighted by Crippen LogP contribution is -2.16. The minimum atomic E-state index is -3.59. The lowest BCUT2D eigenvalue weighted by Gasteiger charge is -2.01. The summed E-state index contributed by atoms with van der Waals surface area (Å²) >= 11 is 0. The monoisotopic (exact) mass is 214 g/mol. The van der Waals surface area contributed by atoms with Crippen LogP contribution >= 0.6 is 0 Å². The van der Waals surface area contributed by atoms with Gasteiger partial charge in [0, 0.05) is 11.3 Å². The summed E-state index contributed by atoms with van der Waals surface area (Å²) in [6.07, 6.45) is 0. The molecule has 76 valence electrons. The van der Waals surface area contributed by atoms with Crippen molar-refractivity contribution < 1.29 is 8.42 Å². The summed E-state index contributed by atoms with van der Waals surface area (Å²) in [6.45, 7) is 3.52. The molecule has 0 radical (unpaired) electrons. The fourth-order valence-electron chi connectivity index (χ4n) is 0.853. The lowest BCUT2D eigenvalue weighted by atomic mass is 10.3. The molecule has 0 aliphatic rings. The Hall–Kier alpha value is -1.55.